The number of nitriles is 1. The van der Waals surface area contributed by atoms with E-state index in [1.807, 2.05) is 18.3 Å². The van der Waals surface area contributed by atoms with Gasteiger partial charge in [-0.3, -0.25) is 9.78 Å². The summed E-state index contributed by atoms with van der Waals surface area (Å²) in [4.78, 5) is 23.7. The minimum atomic E-state index is -0.0956. The number of anilines is 2. The van der Waals surface area contributed by atoms with Crippen LogP contribution in [0.3, 0.4) is 0 Å². The molecule has 1 aliphatic carbocycles. The number of hydrogen-bond donors (Lipinski definition) is 0. The average molecular weight is 407 g/mol. The molecule has 0 aliphatic heterocycles. The lowest BCUT2D eigenvalue weighted by atomic mass is 10.1. The maximum atomic E-state index is 12.7. The number of benzene rings is 1. The largest absolute Gasteiger partial charge is 0.339 e. The Morgan fingerprint density at radius 3 is 2.61 bits per heavy atom. The summed E-state index contributed by atoms with van der Waals surface area (Å²) in [5.74, 6) is 0.594. The fourth-order valence-electron chi connectivity index (χ4n) is 3.85. The van der Waals surface area contributed by atoms with E-state index in [9.17, 15) is 10.1 Å². The molecule has 0 bridgehead atoms. The van der Waals surface area contributed by atoms with Crippen LogP contribution >= 0.6 is 0 Å². The topological polar surface area (TPSA) is 74.8 Å². The van der Waals surface area contributed by atoms with Crippen molar-refractivity contribution >= 4 is 22.4 Å². The highest BCUT2D eigenvalue weighted by molar-refractivity contribution is 5.91. The number of aromatic nitrogens is 3. The first-order chi connectivity index (χ1) is 15.1. The zero-order valence-corrected chi connectivity index (χ0v) is 17.2. The summed E-state index contributed by atoms with van der Waals surface area (Å²) in [5, 5.41) is 9.36. The van der Waals surface area contributed by atoms with Gasteiger partial charge in [-0.1, -0.05) is 18.2 Å². The van der Waals surface area contributed by atoms with Gasteiger partial charge in [-0.2, -0.15) is 5.26 Å². The molecular formula is C25H21N5O. The molecule has 3 aromatic heterocycles. The van der Waals surface area contributed by atoms with E-state index in [4.69, 9.17) is 0 Å². The van der Waals surface area contributed by atoms with Crippen LogP contribution in [0.5, 0.6) is 0 Å². The van der Waals surface area contributed by atoms with Gasteiger partial charge in [-0.25, -0.2) is 4.98 Å². The van der Waals surface area contributed by atoms with Crippen LogP contribution in [0.1, 0.15) is 18.5 Å². The van der Waals surface area contributed by atoms with Crippen molar-refractivity contribution in [3.8, 4) is 17.2 Å². The van der Waals surface area contributed by atoms with Gasteiger partial charge in [0.15, 0.2) is 0 Å². The SMILES string of the molecule is Cn1c(=O)cc(N(CC2CC2)c2ccc(-c3cccnc3)cc2)c2nc(C#N)ccc21. The van der Waals surface area contributed by atoms with Crippen LogP contribution < -0.4 is 10.5 Å². The molecule has 6 heteroatoms. The highest BCUT2D eigenvalue weighted by atomic mass is 16.1. The molecular weight excluding hydrogens is 386 g/mol. The Balaban J connectivity index is 1.64. The van der Waals surface area contributed by atoms with E-state index in [0.29, 0.717) is 22.6 Å². The van der Waals surface area contributed by atoms with E-state index < -0.39 is 0 Å². The summed E-state index contributed by atoms with van der Waals surface area (Å²) >= 11 is 0. The second-order valence-electron chi connectivity index (χ2n) is 7.95. The van der Waals surface area contributed by atoms with E-state index in [0.717, 1.165) is 29.0 Å². The number of rotatable bonds is 5. The lowest BCUT2D eigenvalue weighted by Gasteiger charge is -2.26. The third-order valence-corrected chi connectivity index (χ3v) is 5.79. The lowest BCUT2D eigenvalue weighted by molar-refractivity contribution is 0.811. The van der Waals surface area contributed by atoms with Gasteiger partial charge >= 0.3 is 0 Å². The van der Waals surface area contributed by atoms with Gasteiger partial charge in [-0.05, 0) is 60.2 Å². The molecule has 1 aliphatic rings. The number of nitrogens with zero attached hydrogens (tertiary/aromatic N) is 5. The second-order valence-corrected chi connectivity index (χ2v) is 7.95. The molecule has 5 rings (SSSR count). The van der Waals surface area contributed by atoms with Crippen molar-refractivity contribution in [2.24, 2.45) is 13.0 Å². The van der Waals surface area contributed by atoms with Crippen LogP contribution in [-0.4, -0.2) is 21.1 Å². The quantitative estimate of drug-likeness (QED) is 0.490. The molecule has 0 saturated heterocycles. The van der Waals surface area contributed by atoms with Crippen LogP contribution in [0.2, 0.25) is 0 Å². The van der Waals surface area contributed by atoms with Crippen LogP contribution in [0, 0.1) is 17.2 Å². The van der Waals surface area contributed by atoms with Crippen molar-refractivity contribution in [2.45, 2.75) is 12.8 Å². The Bertz CT molecular complexity index is 1350. The highest BCUT2D eigenvalue weighted by Gasteiger charge is 2.27. The molecule has 1 aromatic carbocycles. The van der Waals surface area contributed by atoms with Gasteiger partial charge in [0, 0.05) is 37.7 Å². The smallest absolute Gasteiger partial charge is 0.252 e. The molecule has 31 heavy (non-hydrogen) atoms. The normalized spacial score (nSPS) is 13.2. The first-order valence-corrected chi connectivity index (χ1v) is 10.3. The number of pyridine rings is 3. The third kappa shape index (κ3) is 3.66. The summed E-state index contributed by atoms with van der Waals surface area (Å²) in [6, 6.07) is 19.4. The van der Waals surface area contributed by atoms with Gasteiger partial charge in [0.05, 0.1) is 11.2 Å². The molecule has 0 atom stereocenters. The Morgan fingerprint density at radius 2 is 1.94 bits per heavy atom. The fourth-order valence-corrected chi connectivity index (χ4v) is 3.85. The summed E-state index contributed by atoms with van der Waals surface area (Å²) in [6.45, 7) is 0.812. The molecule has 1 saturated carbocycles. The minimum absolute atomic E-state index is 0.0956. The van der Waals surface area contributed by atoms with Crippen LogP contribution in [0.4, 0.5) is 11.4 Å². The third-order valence-electron chi connectivity index (χ3n) is 5.79. The molecule has 152 valence electrons. The predicted octanol–water partition coefficient (Wildman–Crippen LogP) is 4.42. The molecule has 1 fully saturated rings. The van der Waals surface area contributed by atoms with Gasteiger partial charge in [0.25, 0.3) is 5.56 Å². The summed E-state index contributed by atoms with van der Waals surface area (Å²) in [6.07, 6.45) is 5.98. The maximum Gasteiger partial charge on any atom is 0.252 e. The van der Waals surface area contributed by atoms with Gasteiger partial charge < -0.3 is 9.47 Å². The lowest BCUT2D eigenvalue weighted by Crippen LogP contribution is -2.25. The minimum Gasteiger partial charge on any atom is -0.339 e. The molecule has 0 spiro atoms. The number of aryl methyl sites for hydroxylation is 1. The number of hydrogen-bond acceptors (Lipinski definition) is 5. The predicted molar refractivity (Wildman–Crippen MR) is 121 cm³/mol. The zero-order valence-electron chi connectivity index (χ0n) is 17.2. The van der Waals surface area contributed by atoms with Gasteiger partial charge in [0.2, 0.25) is 0 Å². The van der Waals surface area contributed by atoms with Crippen molar-refractivity contribution in [3.05, 3.63) is 83.0 Å². The second kappa shape index (κ2) is 7.69. The Hall–Kier alpha value is -3.98. The molecule has 4 aromatic rings. The van der Waals surface area contributed by atoms with Crippen LogP contribution in [0.25, 0.3) is 22.2 Å². The molecule has 0 unspecified atom stereocenters. The maximum absolute atomic E-state index is 12.7. The fraction of sp³-hybridized carbons (Fsp3) is 0.200. The standard InChI is InChI=1S/C25H21N5O/c1-29-22-11-8-20(14-26)28-25(22)23(13-24(29)31)30(16-17-4-5-17)21-9-6-18(7-10-21)19-3-2-12-27-15-19/h2-3,6-13,15,17H,4-5,16H2,1H3. The summed E-state index contributed by atoms with van der Waals surface area (Å²) in [7, 11) is 1.73. The molecule has 0 radical (unpaired) electrons. The number of fused-ring (bicyclic) bond motifs is 1. The van der Waals surface area contributed by atoms with Crippen molar-refractivity contribution < 1.29 is 0 Å². The van der Waals surface area contributed by atoms with Crippen molar-refractivity contribution in [3.63, 3.8) is 0 Å². The van der Waals surface area contributed by atoms with Gasteiger partial charge in [0.1, 0.15) is 17.3 Å². The molecule has 0 N–H and O–H groups in total. The summed E-state index contributed by atoms with van der Waals surface area (Å²) in [5.41, 5.74) is 5.51. The molecule has 6 nitrogen and oxygen atoms in total. The zero-order chi connectivity index (χ0) is 21.4. The molecule has 0 amide bonds. The molecule has 3 heterocycles. The van der Waals surface area contributed by atoms with E-state index in [1.54, 1.807) is 36.0 Å². The first kappa shape index (κ1) is 19.0. The highest BCUT2D eigenvalue weighted by Crippen LogP contribution is 2.37. The van der Waals surface area contributed by atoms with Crippen molar-refractivity contribution in [1.82, 2.24) is 14.5 Å². The average Bonchev–Trinajstić information content (AvgIpc) is 3.65. The Kier molecular flexibility index (Phi) is 4.72. The van der Waals surface area contributed by atoms with Gasteiger partial charge in [-0.15, -0.1) is 0 Å². The van der Waals surface area contributed by atoms with Crippen molar-refractivity contribution in [2.75, 3.05) is 11.4 Å². The van der Waals surface area contributed by atoms with E-state index in [1.165, 1.54) is 12.8 Å². The monoisotopic (exact) mass is 407 g/mol. The van der Waals surface area contributed by atoms with Crippen LogP contribution in [-0.2, 0) is 7.05 Å². The Morgan fingerprint density at radius 1 is 1.13 bits per heavy atom. The van der Waals surface area contributed by atoms with E-state index >= 15 is 0 Å². The van der Waals surface area contributed by atoms with Crippen molar-refractivity contribution in [1.29, 1.82) is 5.26 Å². The Labute approximate surface area is 180 Å². The first-order valence-electron chi connectivity index (χ1n) is 10.3. The van der Waals surface area contributed by atoms with E-state index in [2.05, 4.69) is 45.2 Å². The van der Waals surface area contributed by atoms with E-state index in [-0.39, 0.29) is 5.56 Å². The van der Waals surface area contributed by atoms with Crippen LogP contribution in [0.15, 0.2) is 71.8 Å². The summed E-state index contributed by atoms with van der Waals surface area (Å²) < 4.78 is 1.58.